The largest absolute Gasteiger partial charge is 0.497 e. The van der Waals surface area contributed by atoms with Crippen molar-refractivity contribution in [2.75, 3.05) is 7.11 Å². The summed E-state index contributed by atoms with van der Waals surface area (Å²) in [5.41, 5.74) is 4.35. The van der Waals surface area contributed by atoms with E-state index in [-0.39, 0.29) is 0 Å². The quantitative estimate of drug-likeness (QED) is 0.485. The molecule has 0 aliphatic heterocycles. The van der Waals surface area contributed by atoms with Gasteiger partial charge in [-0.1, -0.05) is 24.3 Å². The van der Waals surface area contributed by atoms with E-state index >= 15 is 0 Å². The first-order valence-electron chi connectivity index (χ1n) is 6.04. The van der Waals surface area contributed by atoms with Crippen LogP contribution >= 0.6 is 11.3 Å². The Bertz CT molecular complexity index is 755. The van der Waals surface area contributed by atoms with E-state index in [4.69, 9.17) is 4.74 Å². The van der Waals surface area contributed by atoms with Crippen LogP contribution in [0.2, 0.25) is 0 Å². The molecule has 1 aliphatic rings. The van der Waals surface area contributed by atoms with Crippen LogP contribution in [0.25, 0.3) is 20.5 Å². The summed E-state index contributed by atoms with van der Waals surface area (Å²) >= 11 is 1.88. The summed E-state index contributed by atoms with van der Waals surface area (Å²) in [5.74, 6) is 0.940. The predicted octanol–water partition coefficient (Wildman–Crippen LogP) is 4.48. The average molecular weight is 252 g/mol. The zero-order valence-corrected chi connectivity index (χ0v) is 10.9. The number of hydrogen-bond acceptors (Lipinski definition) is 2. The van der Waals surface area contributed by atoms with Crippen LogP contribution in [-0.2, 0) is 6.42 Å². The van der Waals surface area contributed by atoms with Crippen molar-refractivity contribution in [1.29, 1.82) is 0 Å². The Hall–Kier alpha value is -1.80. The lowest BCUT2D eigenvalue weighted by molar-refractivity contribution is 0.415. The van der Waals surface area contributed by atoms with Crippen LogP contribution in [0.1, 0.15) is 11.1 Å². The van der Waals surface area contributed by atoms with Crippen LogP contribution < -0.4 is 4.74 Å². The van der Waals surface area contributed by atoms with Gasteiger partial charge < -0.3 is 4.74 Å². The third-order valence-corrected chi connectivity index (χ3v) is 4.86. The van der Waals surface area contributed by atoms with Crippen LogP contribution in [0.4, 0.5) is 0 Å². The molecular formula is C16H12OS. The van der Waals surface area contributed by atoms with Crippen LogP contribution in [0.3, 0.4) is 0 Å². The van der Waals surface area contributed by atoms with Crippen molar-refractivity contribution >= 4 is 21.4 Å². The van der Waals surface area contributed by atoms with Gasteiger partial charge in [0.2, 0.25) is 0 Å². The normalized spacial score (nSPS) is 12.5. The summed E-state index contributed by atoms with van der Waals surface area (Å²) in [4.78, 5) is 1.44. The Morgan fingerprint density at radius 3 is 2.89 bits per heavy atom. The predicted molar refractivity (Wildman–Crippen MR) is 76.6 cm³/mol. The van der Waals surface area contributed by atoms with E-state index < -0.39 is 0 Å². The molecule has 0 unspecified atom stereocenters. The summed E-state index contributed by atoms with van der Waals surface area (Å²) in [5, 5.41) is 1.38. The fraction of sp³-hybridized carbons (Fsp3) is 0.125. The fourth-order valence-electron chi connectivity index (χ4n) is 2.74. The molecule has 1 aliphatic carbocycles. The average Bonchev–Trinajstić information content (AvgIpc) is 2.93. The maximum Gasteiger partial charge on any atom is 0.120 e. The van der Waals surface area contributed by atoms with E-state index in [9.17, 15) is 0 Å². The maximum atomic E-state index is 5.30. The highest BCUT2D eigenvalue weighted by molar-refractivity contribution is 7.22. The Balaban J connectivity index is 2.01. The molecule has 0 saturated heterocycles. The molecule has 0 N–H and O–H groups in total. The minimum Gasteiger partial charge on any atom is -0.497 e. The Morgan fingerprint density at radius 1 is 1.11 bits per heavy atom. The molecule has 1 aromatic heterocycles. The molecule has 0 fully saturated rings. The van der Waals surface area contributed by atoms with Crippen molar-refractivity contribution in [3.8, 4) is 16.2 Å². The lowest BCUT2D eigenvalue weighted by Gasteiger charge is -2.00. The van der Waals surface area contributed by atoms with Crippen LogP contribution in [0.5, 0.6) is 5.75 Å². The molecule has 4 rings (SSSR count). The van der Waals surface area contributed by atoms with E-state index in [1.807, 2.05) is 11.3 Å². The zero-order valence-electron chi connectivity index (χ0n) is 10.1. The van der Waals surface area contributed by atoms with Crippen molar-refractivity contribution in [3.63, 3.8) is 0 Å². The van der Waals surface area contributed by atoms with Gasteiger partial charge in [-0.2, -0.15) is 0 Å². The highest BCUT2D eigenvalue weighted by Crippen LogP contribution is 2.46. The lowest BCUT2D eigenvalue weighted by atomic mass is 10.1. The standard InChI is InChI=1S/C16H12OS/c1-17-11-6-7-13-14-8-10-4-2-3-5-12(10)16(14)18-15(13)9-11/h2-7,9H,8H2,1H3. The van der Waals surface area contributed by atoms with Crippen molar-refractivity contribution in [2.45, 2.75) is 6.42 Å². The van der Waals surface area contributed by atoms with E-state index in [0.717, 1.165) is 12.2 Å². The Labute approximate surface area is 110 Å². The monoisotopic (exact) mass is 252 g/mol. The molecule has 0 spiro atoms. The molecule has 88 valence electrons. The van der Waals surface area contributed by atoms with E-state index in [2.05, 4.69) is 42.5 Å². The minimum absolute atomic E-state index is 0.940. The summed E-state index contributed by atoms with van der Waals surface area (Å²) in [6.45, 7) is 0. The van der Waals surface area contributed by atoms with Crippen molar-refractivity contribution in [1.82, 2.24) is 0 Å². The molecule has 2 heteroatoms. The van der Waals surface area contributed by atoms with Gasteiger partial charge >= 0.3 is 0 Å². The molecule has 0 bridgehead atoms. The fourth-order valence-corrected chi connectivity index (χ4v) is 4.05. The van der Waals surface area contributed by atoms with Gasteiger partial charge in [-0.05, 0) is 40.3 Å². The minimum atomic E-state index is 0.940. The summed E-state index contributed by atoms with van der Waals surface area (Å²) in [6.07, 6.45) is 1.07. The van der Waals surface area contributed by atoms with Gasteiger partial charge in [-0.15, -0.1) is 11.3 Å². The van der Waals surface area contributed by atoms with Crippen LogP contribution in [-0.4, -0.2) is 7.11 Å². The molecule has 3 aromatic rings. The molecular weight excluding hydrogens is 240 g/mol. The molecule has 0 saturated carbocycles. The second-order valence-corrected chi connectivity index (χ2v) is 5.66. The molecule has 0 atom stereocenters. The number of benzene rings is 2. The Morgan fingerprint density at radius 2 is 2.00 bits per heavy atom. The van der Waals surface area contributed by atoms with E-state index in [1.54, 1.807) is 7.11 Å². The number of methoxy groups -OCH3 is 1. The summed E-state index contributed by atoms with van der Waals surface area (Å²) in [7, 11) is 1.72. The highest BCUT2D eigenvalue weighted by atomic mass is 32.1. The number of hydrogen-bond donors (Lipinski definition) is 0. The topological polar surface area (TPSA) is 9.23 Å². The third-order valence-electron chi connectivity index (χ3n) is 3.63. The summed E-state index contributed by atoms with van der Waals surface area (Å²) in [6, 6.07) is 15.1. The van der Waals surface area contributed by atoms with Gasteiger partial charge in [0, 0.05) is 16.0 Å². The SMILES string of the molecule is COc1ccc2c3c(sc2c1)-c1ccccc1C3. The maximum absolute atomic E-state index is 5.30. The van der Waals surface area contributed by atoms with Crippen molar-refractivity contribution in [3.05, 3.63) is 53.6 Å². The van der Waals surface area contributed by atoms with Gasteiger partial charge in [-0.3, -0.25) is 0 Å². The lowest BCUT2D eigenvalue weighted by Crippen LogP contribution is -1.82. The van der Waals surface area contributed by atoms with Gasteiger partial charge in [0.15, 0.2) is 0 Å². The number of rotatable bonds is 1. The van der Waals surface area contributed by atoms with Gasteiger partial charge in [0.05, 0.1) is 7.11 Å². The first-order valence-corrected chi connectivity index (χ1v) is 6.86. The molecule has 0 amide bonds. The van der Waals surface area contributed by atoms with Crippen molar-refractivity contribution in [2.24, 2.45) is 0 Å². The zero-order chi connectivity index (χ0) is 12.1. The van der Waals surface area contributed by atoms with Gasteiger partial charge in [0.25, 0.3) is 0 Å². The molecule has 1 nitrogen and oxygen atoms in total. The molecule has 18 heavy (non-hydrogen) atoms. The second kappa shape index (κ2) is 3.59. The van der Waals surface area contributed by atoms with E-state index in [1.165, 1.54) is 31.7 Å². The number of thiophene rings is 1. The first-order chi connectivity index (χ1) is 8.86. The van der Waals surface area contributed by atoms with Crippen molar-refractivity contribution < 1.29 is 4.74 Å². The molecule has 0 radical (unpaired) electrons. The van der Waals surface area contributed by atoms with Gasteiger partial charge in [-0.25, -0.2) is 0 Å². The third kappa shape index (κ3) is 1.27. The van der Waals surface area contributed by atoms with Crippen LogP contribution in [0.15, 0.2) is 42.5 Å². The highest BCUT2D eigenvalue weighted by Gasteiger charge is 2.22. The second-order valence-electron chi connectivity index (χ2n) is 4.61. The van der Waals surface area contributed by atoms with Gasteiger partial charge in [0.1, 0.15) is 5.75 Å². The Kier molecular flexibility index (Phi) is 2.03. The van der Waals surface area contributed by atoms with E-state index in [0.29, 0.717) is 0 Å². The molecule has 2 aromatic carbocycles. The molecule has 1 heterocycles. The van der Waals surface area contributed by atoms with Crippen LogP contribution in [0, 0.1) is 0 Å². The number of fused-ring (bicyclic) bond motifs is 5. The number of ether oxygens (including phenoxy) is 1. The summed E-state index contributed by atoms with van der Waals surface area (Å²) < 4.78 is 6.63. The smallest absolute Gasteiger partial charge is 0.120 e. The first kappa shape index (κ1) is 10.2.